The molecule has 0 spiro atoms. The van der Waals surface area contributed by atoms with E-state index in [0.29, 0.717) is 31.6 Å². The van der Waals surface area contributed by atoms with Crippen molar-refractivity contribution in [2.75, 3.05) is 0 Å². The van der Waals surface area contributed by atoms with Gasteiger partial charge in [0, 0.05) is 35.6 Å². The van der Waals surface area contributed by atoms with Gasteiger partial charge < -0.3 is 4.90 Å². The van der Waals surface area contributed by atoms with Gasteiger partial charge in [-0.25, -0.2) is 4.39 Å². The number of aromatic nitrogens is 1. The summed E-state index contributed by atoms with van der Waals surface area (Å²) >= 11 is 0. The van der Waals surface area contributed by atoms with Crippen molar-refractivity contribution in [1.29, 1.82) is 0 Å². The Labute approximate surface area is 181 Å². The molecule has 0 bridgehead atoms. The van der Waals surface area contributed by atoms with E-state index in [1.807, 2.05) is 24.8 Å². The highest BCUT2D eigenvalue weighted by atomic mass is 19.1. The van der Waals surface area contributed by atoms with Crippen molar-refractivity contribution in [3.63, 3.8) is 0 Å². The summed E-state index contributed by atoms with van der Waals surface area (Å²) in [5.74, 6) is -0.114. The molecule has 156 valence electrons. The number of pyridine rings is 1. The van der Waals surface area contributed by atoms with E-state index in [9.17, 15) is 9.18 Å². The van der Waals surface area contributed by atoms with Crippen molar-refractivity contribution in [3.8, 4) is 0 Å². The number of hydrogen-bond donors (Lipinski definition) is 0. The van der Waals surface area contributed by atoms with Crippen molar-refractivity contribution < 1.29 is 9.18 Å². The number of nitrogens with zero attached hydrogens (tertiary/aromatic N) is 3. The smallest absolute Gasteiger partial charge is 0.227 e. The first-order valence-electron chi connectivity index (χ1n) is 10.6. The summed E-state index contributed by atoms with van der Waals surface area (Å²) in [6.45, 7) is 7.44. The van der Waals surface area contributed by atoms with E-state index >= 15 is 0 Å². The Kier molecular flexibility index (Phi) is 4.69. The highest BCUT2D eigenvalue weighted by Crippen LogP contribution is 2.31. The van der Waals surface area contributed by atoms with Crippen LogP contribution in [0.2, 0.25) is 0 Å². The van der Waals surface area contributed by atoms with Gasteiger partial charge in [-0.1, -0.05) is 18.2 Å². The molecule has 5 heteroatoms. The Morgan fingerprint density at radius 3 is 2.48 bits per heavy atom. The molecule has 5 rings (SSSR count). The second-order valence-electron chi connectivity index (χ2n) is 8.59. The highest BCUT2D eigenvalue weighted by Gasteiger charge is 2.27. The molecule has 0 radical (unpaired) electrons. The molecule has 0 aliphatic carbocycles. The zero-order valence-electron chi connectivity index (χ0n) is 18.0. The molecule has 31 heavy (non-hydrogen) atoms. The van der Waals surface area contributed by atoms with Crippen LogP contribution in [0.25, 0.3) is 0 Å². The maximum Gasteiger partial charge on any atom is 0.227 e. The molecule has 0 fully saturated rings. The predicted octanol–water partition coefficient (Wildman–Crippen LogP) is 4.58. The number of rotatable bonds is 3. The maximum absolute atomic E-state index is 13.6. The van der Waals surface area contributed by atoms with E-state index in [1.54, 1.807) is 13.0 Å². The average molecular weight is 413 g/mol. The number of fused-ring (bicyclic) bond motifs is 2. The summed E-state index contributed by atoms with van der Waals surface area (Å²) in [7, 11) is 0. The minimum Gasteiger partial charge on any atom is -0.334 e. The van der Waals surface area contributed by atoms with Gasteiger partial charge in [0.05, 0.1) is 18.7 Å². The number of carbonyl (C=O) groups is 1. The fourth-order valence-corrected chi connectivity index (χ4v) is 4.61. The van der Waals surface area contributed by atoms with Crippen LogP contribution in [0.4, 0.5) is 4.39 Å². The molecule has 0 atom stereocenters. The van der Waals surface area contributed by atoms with Crippen molar-refractivity contribution in [3.05, 3.63) is 98.6 Å². The summed E-state index contributed by atoms with van der Waals surface area (Å²) in [6.07, 6.45) is 0.394. The molecule has 1 amide bonds. The molecule has 2 aromatic carbocycles. The van der Waals surface area contributed by atoms with Crippen LogP contribution in [0.15, 0.2) is 47.5 Å². The Morgan fingerprint density at radius 1 is 0.968 bits per heavy atom. The van der Waals surface area contributed by atoms with Gasteiger partial charge >= 0.3 is 0 Å². The molecule has 1 aromatic heterocycles. The Bertz CT molecular complexity index is 1240. The van der Waals surface area contributed by atoms with Crippen LogP contribution in [-0.2, 0) is 30.8 Å². The van der Waals surface area contributed by atoms with Gasteiger partial charge in [0.2, 0.25) is 5.91 Å². The summed E-state index contributed by atoms with van der Waals surface area (Å²) < 4.78 is 13.6. The highest BCUT2D eigenvalue weighted by molar-refractivity contribution is 6.15. The van der Waals surface area contributed by atoms with E-state index in [0.717, 1.165) is 44.9 Å². The molecule has 2 aliphatic rings. The first kappa shape index (κ1) is 19.6. The third-order valence-electron chi connectivity index (χ3n) is 6.09. The molecule has 2 aliphatic heterocycles. The topological polar surface area (TPSA) is 45.6 Å². The number of hydrogen-bond acceptors (Lipinski definition) is 3. The van der Waals surface area contributed by atoms with E-state index in [4.69, 9.17) is 4.99 Å². The van der Waals surface area contributed by atoms with Crippen LogP contribution in [0.3, 0.4) is 0 Å². The maximum atomic E-state index is 13.6. The lowest BCUT2D eigenvalue weighted by atomic mass is 9.91. The molecule has 4 nitrogen and oxygen atoms in total. The minimum absolute atomic E-state index is 0.106. The lowest BCUT2D eigenvalue weighted by molar-refractivity contribution is -0.132. The summed E-state index contributed by atoms with van der Waals surface area (Å²) in [5.41, 5.74) is 10.2. The van der Waals surface area contributed by atoms with Crippen LogP contribution >= 0.6 is 0 Å². The molecule has 0 saturated carbocycles. The molecule has 0 N–H and O–H groups in total. The molecule has 3 aromatic rings. The summed E-state index contributed by atoms with van der Waals surface area (Å²) in [6, 6.07) is 13.6. The van der Waals surface area contributed by atoms with Crippen LogP contribution in [0.1, 0.15) is 50.3 Å². The largest absolute Gasteiger partial charge is 0.334 e. The molecular formula is C26H24FN3O. The number of carbonyl (C=O) groups excluding carboxylic acids is 1. The van der Waals surface area contributed by atoms with Gasteiger partial charge in [0.1, 0.15) is 5.82 Å². The second kappa shape index (κ2) is 7.41. The minimum atomic E-state index is -0.219. The van der Waals surface area contributed by atoms with Gasteiger partial charge in [-0.3, -0.25) is 14.8 Å². The number of aliphatic imine (C=N–C) groups is 1. The quantitative estimate of drug-likeness (QED) is 0.631. The van der Waals surface area contributed by atoms with E-state index in [1.165, 1.54) is 11.6 Å². The van der Waals surface area contributed by atoms with Gasteiger partial charge in [0.15, 0.2) is 0 Å². The monoisotopic (exact) mass is 413 g/mol. The Morgan fingerprint density at radius 2 is 1.74 bits per heavy atom. The van der Waals surface area contributed by atoms with Crippen molar-refractivity contribution in [2.24, 2.45) is 4.99 Å². The Balaban J connectivity index is 1.45. The molecule has 0 unspecified atom stereocenters. The first-order valence-corrected chi connectivity index (χ1v) is 10.6. The van der Waals surface area contributed by atoms with Crippen molar-refractivity contribution in [1.82, 2.24) is 9.88 Å². The van der Waals surface area contributed by atoms with Gasteiger partial charge in [0.25, 0.3) is 0 Å². The fraction of sp³-hybridized carbons (Fsp3) is 0.269. The number of amides is 1. The van der Waals surface area contributed by atoms with Crippen LogP contribution in [0.5, 0.6) is 0 Å². The lowest BCUT2D eigenvalue weighted by Gasteiger charge is -2.29. The van der Waals surface area contributed by atoms with E-state index in [2.05, 4.69) is 29.2 Å². The van der Waals surface area contributed by atoms with E-state index < -0.39 is 0 Å². The summed E-state index contributed by atoms with van der Waals surface area (Å²) in [5, 5.41) is 0. The average Bonchev–Trinajstić information content (AvgIpc) is 3.12. The van der Waals surface area contributed by atoms with E-state index in [-0.39, 0.29) is 11.7 Å². The number of benzene rings is 2. The van der Waals surface area contributed by atoms with Crippen LogP contribution in [-0.4, -0.2) is 21.5 Å². The van der Waals surface area contributed by atoms with Gasteiger partial charge in [-0.15, -0.1) is 0 Å². The predicted molar refractivity (Wildman–Crippen MR) is 119 cm³/mol. The Hall–Kier alpha value is -3.34. The SMILES string of the molecule is Cc1cc(C2=NCc3cc4c(cc32)CN(Cc2ccc(F)c(C)c2)C(=O)C4)cc(C)n1. The third kappa shape index (κ3) is 3.65. The molecular weight excluding hydrogens is 389 g/mol. The van der Waals surface area contributed by atoms with Gasteiger partial charge in [-0.2, -0.15) is 0 Å². The van der Waals surface area contributed by atoms with Crippen LogP contribution < -0.4 is 0 Å². The zero-order chi connectivity index (χ0) is 21.7. The molecule has 3 heterocycles. The van der Waals surface area contributed by atoms with Crippen molar-refractivity contribution in [2.45, 2.75) is 46.8 Å². The zero-order valence-corrected chi connectivity index (χ0v) is 18.0. The summed E-state index contributed by atoms with van der Waals surface area (Å²) in [4.78, 5) is 23.9. The number of aryl methyl sites for hydroxylation is 3. The normalized spacial score (nSPS) is 15.0. The number of halogens is 1. The van der Waals surface area contributed by atoms with Gasteiger partial charge in [-0.05, 0) is 72.9 Å². The molecule has 0 saturated heterocycles. The fourth-order valence-electron chi connectivity index (χ4n) is 4.61. The van der Waals surface area contributed by atoms with Crippen molar-refractivity contribution >= 4 is 11.6 Å². The standard InChI is InChI=1S/C26H24FN3O/c1-15-6-18(4-5-24(15)27)13-30-14-22-10-23-21(9-19(22)11-25(30)31)12-28-26(23)20-7-16(2)29-17(3)8-20/h4-10H,11-14H2,1-3H3. The first-order chi connectivity index (χ1) is 14.9. The second-order valence-corrected chi connectivity index (χ2v) is 8.59. The van der Waals surface area contributed by atoms with Crippen LogP contribution in [0, 0.1) is 26.6 Å². The third-order valence-corrected chi connectivity index (χ3v) is 6.09. The lowest BCUT2D eigenvalue weighted by Crippen LogP contribution is -2.35.